The van der Waals surface area contributed by atoms with Crippen molar-refractivity contribution in [2.75, 3.05) is 38.2 Å². The highest BCUT2D eigenvalue weighted by Gasteiger charge is 2.55. The maximum Gasteiger partial charge on any atom is 0.328 e. The standard InChI is InChI=1S/C19H22ClN5O4/c1-4-29-14(26)10-25-17(27)15-16(22(3)19(25)28)21-18-23(7-8-24(15)18)12-6-5-11(2)13(20)9-12/h5-6,9,15-16H,4,7-8,10H2,1-3H3. The van der Waals surface area contributed by atoms with E-state index < -0.39 is 36.7 Å². The molecule has 0 N–H and O–H groups in total. The number of imide groups is 1. The number of guanidine groups is 1. The fourth-order valence-electron chi connectivity index (χ4n) is 3.91. The number of carbonyl (C=O) groups is 3. The van der Waals surface area contributed by atoms with Crippen LogP contribution in [0.4, 0.5) is 10.5 Å². The summed E-state index contributed by atoms with van der Waals surface area (Å²) in [6.07, 6.45) is -0.632. The molecule has 3 heterocycles. The fraction of sp³-hybridized carbons (Fsp3) is 0.474. The van der Waals surface area contributed by atoms with E-state index in [1.54, 1.807) is 14.0 Å². The Hall–Kier alpha value is -2.81. The van der Waals surface area contributed by atoms with Gasteiger partial charge in [0.1, 0.15) is 6.54 Å². The van der Waals surface area contributed by atoms with Crippen molar-refractivity contribution in [2.24, 2.45) is 4.99 Å². The van der Waals surface area contributed by atoms with Crippen molar-refractivity contribution in [2.45, 2.75) is 26.1 Å². The molecule has 0 aliphatic carbocycles. The topological polar surface area (TPSA) is 85.8 Å². The minimum absolute atomic E-state index is 0.185. The quantitative estimate of drug-likeness (QED) is 0.684. The highest BCUT2D eigenvalue weighted by Crippen LogP contribution is 2.34. The van der Waals surface area contributed by atoms with Gasteiger partial charge in [0.2, 0.25) is 5.96 Å². The van der Waals surface area contributed by atoms with Gasteiger partial charge < -0.3 is 19.4 Å². The molecule has 0 saturated carbocycles. The predicted molar refractivity (Wildman–Crippen MR) is 107 cm³/mol. The molecule has 3 aliphatic heterocycles. The second-order valence-electron chi connectivity index (χ2n) is 7.19. The first-order valence-corrected chi connectivity index (χ1v) is 9.83. The van der Waals surface area contributed by atoms with E-state index in [0.717, 1.165) is 16.2 Å². The number of hydrogen-bond donors (Lipinski definition) is 0. The van der Waals surface area contributed by atoms with Gasteiger partial charge in [0, 0.05) is 30.8 Å². The summed E-state index contributed by atoms with van der Waals surface area (Å²) < 4.78 is 4.90. The molecule has 1 aromatic carbocycles. The Balaban J connectivity index is 1.61. The van der Waals surface area contributed by atoms with Gasteiger partial charge in [-0.3, -0.25) is 14.5 Å². The third-order valence-corrected chi connectivity index (χ3v) is 5.84. The summed E-state index contributed by atoms with van der Waals surface area (Å²) in [5.41, 5.74) is 1.86. The van der Waals surface area contributed by atoms with Crippen LogP contribution in [0.3, 0.4) is 0 Å². The van der Waals surface area contributed by atoms with Crippen molar-refractivity contribution >= 4 is 41.2 Å². The van der Waals surface area contributed by atoms with Crippen LogP contribution in [0.25, 0.3) is 0 Å². The first kappa shape index (κ1) is 19.5. The lowest BCUT2D eigenvalue weighted by Gasteiger charge is -2.40. The van der Waals surface area contributed by atoms with Crippen molar-refractivity contribution in [3.63, 3.8) is 0 Å². The Morgan fingerprint density at radius 3 is 2.76 bits per heavy atom. The molecule has 10 heteroatoms. The minimum atomic E-state index is -0.659. The van der Waals surface area contributed by atoms with E-state index >= 15 is 0 Å². The number of amides is 3. The fourth-order valence-corrected chi connectivity index (χ4v) is 4.09. The van der Waals surface area contributed by atoms with Crippen LogP contribution in [0.2, 0.25) is 5.02 Å². The summed E-state index contributed by atoms with van der Waals surface area (Å²) in [5, 5.41) is 0.654. The van der Waals surface area contributed by atoms with Crippen LogP contribution in [0, 0.1) is 6.92 Å². The number of likely N-dealkylation sites (N-methyl/N-ethyl adjacent to an activating group) is 1. The van der Waals surface area contributed by atoms with Crippen molar-refractivity contribution in [3.8, 4) is 0 Å². The average Bonchev–Trinajstić information content (AvgIpc) is 3.25. The molecule has 2 fully saturated rings. The van der Waals surface area contributed by atoms with Crippen molar-refractivity contribution < 1.29 is 19.1 Å². The van der Waals surface area contributed by atoms with Gasteiger partial charge in [-0.2, -0.15) is 0 Å². The predicted octanol–water partition coefficient (Wildman–Crippen LogP) is 1.29. The van der Waals surface area contributed by atoms with E-state index in [1.807, 2.05) is 34.9 Å². The summed E-state index contributed by atoms with van der Waals surface area (Å²) >= 11 is 6.28. The third kappa shape index (κ3) is 3.09. The molecule has 4 rings (SSSR count). The maximum absolute atomic E-state index is 13.1. The summed E-state index contributed by atoms with van der Waals surface area (Å²) in [6, 6.07) is 4.55. The van der Waals surface area contributed by atoms with Gasteiger partial charge in [0.15, 0.2) is 12.2 Å². The zero-order valence-corrected chi connectivity index (χ0v) is 17.2. The molecular formula is C19H22ClN5O4. The Morgan fingerprint density at radius 2 is 2.07 bits per heavy atom. The van der Waals surface area contributed by atoms with Crippen LogP contribution in [0.5, 0.6) is 0 Å². The number of hydrogen-bond acceptors (Lipinski definition) is 7. The summed E-state index contributed by atoms with van der Waals surface area (Å²) in [5.74, 6) is -0.419. The zero-order chi connectivity index (χ0) is 20.9. The number of esters is 1. The van der Waals surface area contributed by atoms with Crippen LogP contribution in [-0.2, 0) is 14.3 Å². The van der Waals surface area contributed by atoms with Gasteiger partial charge in [-0.25, -0.2) is 9.79 Å². The highest BCUT2D eigenvalue weighted by atomic mass is 35.5. The molecule has 3 amide bonds. The van der Waals surface area contributed by atoms with Gasteiger partial charge in [0.25, 0.3) is 5.91 Å². The van der Waals surface area contributed by atoms with Gasteiger partial charge in [-0.05, 0) is 31.5 Å². The number of aliphatic imine (C=N–C) groups is 1. The Bertz CT molecular complexity index is 920. The van der Waals surface area contributed by atoms with E-state index in [9.17, 15) is 14.4 Å². The lowest BCUT2D eigenvalue weighted by atomic mass is 10.1. The number of benzene rings is 1. The Labute approximate surface area is 173 Å². The first-order chi connectivity index (χ1) is 13.8. The van der Waals surface area contributed by atoms with Crippen LogP contribution >= 0.6 is 11.6 Å². The van der Waals surface area contributed by atoms with Crippen LogP contribution < -0.4 is 4.90 Å². The number of anilines is 1. The van der Waals surface area contributed by atoms with Crippen LogP contribution in [0.1, 0.15) is 12.5 Å². The third-order valence-electron chi connectivity index (χ3n) is 5.44. The number of urea groups is 1. The molecule has 9 nitrogen and oxygen atoms in total. The molecule has 2 unspecified atom stereocenters. The Kier molecular flexibility index (Phi) is 4.85. The monoisotopic (exact) mass is 419 g/mol. The number of halogens is 1. The maximum atomic E-state index is 13.1. The summed E-state index contributed by atoms with van der Waals surface area (Å²) in [4.78, 5) is 48.6. The molecule has 3 aliphatic rings. The lowest BCUT2D eigenvalue weighted by molar-refractivity contribution is -0.150. The average molecular weight is 420 g/mol. The Morgan fingerprint density at radius 1 is 1.31 bits per heavy atom. The molecule has 154 valence electrons. The van der Waals surface area contributed by atoms with E-state index in [-0.39, 0.29) is 6.61 Å². The smallest absolute Gasteiger partial charge is 0.328 e. The van der Waals surface area contributed by atoms with Gasteiger partial charge in [-0.15, -0.1) is 0 Å². The zero-order valence-electron chi connectivity index (χ0n) is 16.5. The highest BCUT2D eigenvalue weighted by molar-refractivity contribution is 6.31. The van der Waals surface area contributed by atoms with E-state index in [1.165, 1.54) is 4.90 Å². The minimum Gasteiger partial charge on any atom is -0.465 e. The van der Waals surface area contributed by atoms with Gasteiger partial charge in [-0.1, -0.05) is 17.7 Å². The molecule has 0 bridgehead atoms. The largest absolute Gasteiger partial charge is 0.465 e. The first-order valence-electron chi connectivity index (χ1n) is 9.45. The number of fused-ring (bicyclic) bond motifs is 3. The molecule has 0 radical (unpaired) electrons. The lowest BCUT2D eigenvalue weighted by Crippen LogP contribution is -2.65. The number of nitrogens with zero attached hydrogens (tertiary/aromatic N) is 5. The van der Waals surface area contributed by atoms with Crippen LogP contribution in [-0.4, -0.2) is 84.1 Å². The summed E-state index contributed by atoms with van der Waals surface area (Å²) in [6.45, 7) is 4.61. The molecular weight excluding hydrogens is 398 g/mol. The SMILES string of the molecule is CCOC(=O)CN1C(=O)C2C(N=C3N(c4ccc(C)c(Cl)c4)CCN32)N(C)C1=O. The molecule has 0 aromatic heterocycles. The number of carbonyl (C=O) groups excluding carboxylic acids is 3. The number of aryl methyl sites for hydroxylation is 1. The molecule has 29 heavy (non-hydrogen) atoms. The van der Waals surface area contributed by atoms with Crippen molar-refractivity contribution in [3.05, 3.63) is 28.8 Å². The molecule has 2 atom stereocenters. The van der Waals surface area contributed by atoms with Crippen molar-refractivity contribution in [1.82, 2.24) is 14.7 Å². The normalized spacial score (nSPS) is 23.4. The molecule has 1 aromatic rings. The molecule has 0 spiro atoms. The van der Waals surface area contributed by atoms with E-state index in [4.69, 9.17) is 16.3 Å². The van der Waals surface area contributed by atoms with Gasteiger partial charge in [0.05, 0.1) is 6.61 Å². The second-order valence-corrected chi connectivity index (χ2v) is 7.60. The summed E-state index contributed by atoms with van der Waals surface area (Å²) in [7, 11) is 1.59. The second kappa shape index (κ2) is 7.22. The molecule has 2 saturated heterocycles. The van der Waals surface area contributed by atoms with Gasteiger partial charge >= 0.3 is 12.0 Å². The van der Waals surface area contributed by atoms with E-state index in [0.29, 0.717) is 24.1 Å². The number of ether oxygens (including phenoxy) is 1. The van der Waals surface area contributed by atoms with E-state index in [2.05, 4.69) is 4.99 Å². The van der Waals surface area contributed by atoms with Crippen LogP contribution in [0.15, 0.2) is 23.2 Å². The number of rotatable bonds is 4. The van der Waals surface area contributed by atoms with Crippen molar-refractivity contribution in [1.29, 1.82) is 0 Å².